The number of aryl methyl sites for hydroxylation is 1. The van der Waals surface area contributed by atoms with Crippen LogP contribution in [0.2, 0.25) is 5.02 Å². The maximum atomic E-state index is 14.6. The highest BCUT2D eigenvalue weighted by Gasteiger charge is 2.31. The van der Waals surface area contributed by atoms with Crippen molar-refractivity contribution in [3.8, 4) is 11.1 Å². The van der Waals surface area contributed by atoms with Crippen molar-refractivity contribution in [2.45, 2.75) is 32.7 Å². The van der Waals surface area contributed by atoms with Crippen LogP contribution in [0.5, 0.6) is 0 Å². The van der Waals surface area contributed by atoms with Crippen LogP contribution in [0.4, 0.5) is 10.1 Å². The Hall–Kier alpha value is -2.47. The molecule has 4 rings (SSSR count). The third kappa shape index (κ3) is 3.05. The minimum Gasteiger partial charge on any atom is -0.375 e. The zero-order valence-electron chi connectivity index (χ0n) is 16.3. The van der Waals surface area contributed by atoms with Gasteiger partial charge in [0.05, 0.1) is 10.7 Å². The van der Waals surface area contributed by atoms with Gasteiger partial charge in [0.25, 0.3) is 5.56 Å². The van der Waals surface area contributed by atoms with Crippen LogP contribution in [0.25, 0.3) is 22.3 Å². The van der Waals surface area contributed by atoms with Crippen molar-refractivity contribution in [2.75, 3.05) is 19.0 Å². The molecule has 28 heavy (non-hydrogen) atoms. The molecule has 1 saturated carbocycles. The van der Waals surface area contributed by atoms with Gasteiger partial charge in [-0.1, -0.05) is 11.6 Å². The number of hydrogen-bond acceptors (Lipinski definition) is 4. The summed E-state index contributed by atoms with van der Waals surface area (Å²) < 4.78 is 16.4. The van der Waals surface area contributed by atoms with Crippen LogP contribution < -0.4 is 10.5 Å². The summed E-state index contributed by atoms with van der Waals surface area (Å²) in [6, 6.07) is 4.83. The maximum Gasteiger partial charge on any atom is 0.273 e. The Balaban J connectivity index is 2.00. The van der Waals surface area contributed by atoms with Crippen LogP contribution in [-0.4, -0.2) is 28.6 Å². The van der Waals surface area contributed by atoms with Gasteiger partial charge in [0, 0.05) is 37.5 Å². The van der Waals surface area contributed by atoms with Gasteiger partial charge in [-0.15, -0.1) is 0 Å². The number of benzene rings is 1. The minimum absolute atomic E-state index is 0.0442. The molecule has 0 N–H and O–H groups in total. The topological polar surface area (TPSA) is 51.0 Å². The van der Waals surface area contributed by atoms with E-state index in [0.717, 1.165) is 12.8 Å². The van der Waals surface area contributed by atoms with E-state index in [1.54, 1.807) is 48.8 Å². The number of rotatable bonds is 4. The number of fused-ring (bicyclic) bond motifs is 1. The van der Waals surface area contributed by atoms with Gasteiger partial charge in [-0.25, -0.2) is 14.4 Å². The molecular formula is C21H22ClFN4O. The van der Waals surface area contributed by atoms with E-state index in [-0.39, 0.29) is 17.4 Å². The van der Waals surface area contributed by atoms with E-state index in [0.29, 0.717) is 44.6 Å². The Morgan fingerprint density at radius 1 is 1.29 bits per heavy atom. The van der Waals surface area contributed by atoms with Crippen molar-refractivity contribution in [1.29, 1.82) is 0 Å². The minimum atomic E-state index is -0.370. The zero-order valence-corrected chi connectivity index (χ0v) is 17.1. The third-order valence-corrected chi connectivity index (χ3v) is 5.77. The molecule has 146 valence electrons. The van der Waals surface area contributed by atoms with Gasteiger partial charge in [0.1, 0.15) is 17.0 Å². The van der Waals surface area contributed by atoms with Crippen LogP contribution in [-0.2, 0) is 0 Å². The highest BCUT2D eigenvalue weighted by Crippen LogP contribution is 2.41. The molecule has 5 nitrogen and oxygen atoms in total. The predicted octanol–water partition coefficient (Wildman–Crippen LogP) is 4.60. The summed E-state index contributed by atoms with van der Waals surface area (Å²) in [5.41, 5.74) is 2.96. The summed E-state index contributed by atoms with van der Waals surface area (Å²) >= 11 is 6.50. The molecule has 0 radical (unpaired) electrons. The first-order chi connectivity index (χ1) is 13.3. The summed E-state index contributed by atoms with van der Waals surface area (Å²) in [6.07, 6.45) is 3.84. The molecule has 2 heterocycles. The summed E-state index contributed by atoms with van der Waals surface area (Å²) in [5.74, 6) is 0.110. The average Bonchev–Trinajstić information content (AvgIpc) is 3.48. The molecule has 1 aromatic carbocycles. The van der Waals surface area contributed by atoms with E-state index in [4.69, 9.17) is 11.6 Å². The van der Waals surface area contributed by atoms with Crippen LogP contribution in [0.15, 0.2) is 29.2 Å². The smallest absolute Gasteiger partial charge is 0.273 e. The third-order valence-electron chi connectivity index (χ3n) is 5.46. The highest BCUT2D eigenvalue weighted by atomic mass is 35.5. The lowest BCUT2D eigenvalue weighted by molar-refractivity contribution is 0.480. The summed E-state index contributed by atoms with van der Waals surface area (Å²) in [5, 5.41) is 0.421. The van der Waals surface area contributed by atoms with Crippen molar-refractivity contribution in [2.24, 2.45) is 5.92 Å². The van der Waals surface area contributed by atoms with Gasteiger partial charge in [0.15, 0.2) is 5.65 Å². The molecule has 7 heteroatoms. The van der Waals surface area contributed by atoms with Gasteiger partial charge in [-0.05, 0) is 50.8 Å². The maximum absolute atomic E-state index is 14.6. The molecule has 2 aromatic heterocycles. The van der Waals surface area contributed by atoms with E-state index < -0.39 is 0 Å². The normalized spacial score (nSPS) is 15.1. The van der Waals surface area contributed by atoms with Crippen molar-refractivity contribution in [3.63, 3.8) is 0 Å². The van der Waals surface area contributed by atoms with Crippen molar-refractivity contribution in [1.82, 2.24) is 14.5 Å². The molecule has 1 atom stereocenters. The molecular weight excluding hydrogens is 379 g/mol. The molecule has 0 bridgehead atoms. The molecule has 1 unspecified atom stereocenters. The van der Waals surface area contributed by atoms with Crippen LogP contribution >= 0.6 is 11.6 Å². The lowest BCUT2D eigenvalue weighted by atomic mass is 10.0. The first kappa shape index (κ1) is 18.9. The Labute approximate surface area is 167 Å². The quantitative estimate of drug-likeness (QED) is 0.642. The molecule has 0 amide bonds. The fourth-order valence-corrected chi connectivity index (χ4v) is 3.95. The van der Waals surface area contributed by atoms with E-state index >= 15 is 0 Å². The predicted molar refractivity (Wildman–Crippen MR) is 111 cm³/mol. The fraction of sp³-hybridized carbons (Fsp3) is 0.381. The lowest BCUT2D eigenvalue weighted by Crippen LogP contribution is -2.28. The Bertz CT molecular complexity index is 1140. The Morgan fingerprint density at radius 2 is 2.00 bits per heavy atom. The van der Waals surface area contributed by atoms with Gasteiger partial charge in [-0.3, -0.25) is 9.36 Å². The molecule has 1 aliphatic rings. The molecule has 0 spiro atoms. The van der Waals surface area contributed by atoms with Crippen molar-refractivity contribution in [3.05, 3.63) is 51.3 Å². The second kappa shape index (κ2) is 6.85. The lowest BCUT2D eigenvalue weighted by Gasteiger charge is -2.19. The Morgan fingerprint density at radius 3 is 2.64 bits per heavy atom. The van der Waals surface area contributed by atoms with Gasteiger partial charge in [-0.2, -0.15) is 0 Å². The zero-order chi connectivity index (χ0) is 20.2. The van der Waals surface area contributed by atoms with E-state index in [1.165, 1.54) is 6.07 Å². The standard InChI is InChI=1S/C21H22ClFN4O/c1-11-21(28)27(12(2)13-5-6-13)20-19(25-11)14(7-8-24-20)15-9-17(23)18(26(3)4)10-16(15)22/h7-10,12-13H,5-6H2,1-4H3. The van der Waals surface area contributed by atoms with E-state index in [2.05, 4.69) is 9.97 Å². The van der Waals surface area contributed by atoms with E-state index in [9.17, 15) is 9.18 Å². The molecule has 1 aliphatic carbocycles. The number of hydrogen-bond donors (Lipinski definition) is 0. The number of nitrogens with zero attached hydrogens (tertiary/aromatic N) is 4. The number of pyridine rings is 1. The summed E-state index contributed by atoms with van der Waals surface area (Å²) in [7, 11) is 3.53. The average molecular weight is 401 g/mol. The van der Waals surface area contributed by atoms with Crippen LogP contribution in [0.1, 0.15) is 31.5 Å². The summed E-state index contributed by atoms with van der Waals surface area (Å²) in [6.45, 7) is 3.75. The van der Waals surface area contributed by atoms with Gasteiger partial charge >= 0.3 is 0 Å². The van der Waals surface area contributed by atoms with E-state index in [1.807, 2.05) is 6.92 Å². The Kier molecular flexibility index (Phi) is 4.62. The van der Waals surface area contributed by atoms with Gasteiger partial charge < -0.3 is 4.90 Å². The number of anilines is 1. The SMILES string of the molecule is Cc1nc2c(-c3cc(F)c(N(C)C)cc3Cl)ccnc2n(C(C)C2CC2)c1=O. The van der Waals surface area contributed by atoms with Crippen molar-refractivity contribution >= 4 is 28.5 Å². The van der Waals surface area contributed by atoms with Crippen molar-refractivity contribution < 1.29 is 4.39 Å². The first-order valence-corrected chi connectivity index (χ1v) is 9.72. The first-order valence-electron chi connectivity index (χ1n) is 9.34. The molecule has 0 aliphatic heterocycles. The second-order valence-corrected chi connectivity index (χ2v) is 8.07. The van der Waals surface area contributed by atoms with Crippen LogP contribution in [0, 0.1) is 18.7 Å². The highest BCUT2D eigenvalue weighted by molar-refractivity contribution is 6.34. The molecule has 0 saturated heterocycles. The number of aromatic nitrogens is 3. The largest absolute Gasteiger partial charge is 0.375 e. The number of halogens is 2. The fourth-order valence-electron chi connectivity index (χ4n) is 3.69. The monoisotopic (exact) mass is 400 g/mol. The molecule has 1 fully saturated rings. The summed E-state index contributed by atoms with van der Waals surface area (Å²) in [4.78, 5) is 23.5. The van der Waals surface area contributed by atoms with Gasteiger partial charge in [0.2, 0.25) is 0 Å². The molecule has 3 aromatic rings. The van der Waals surface area contributed by atoms with Crippen LogP contribution in [0.3, 0.4) is 0 Å². The second-order valence-electron chi connectivity index (χ2n) is 7.66.